The lowest BCUT2D eigenvalue weighted by Crippen LogP contribution is -2.37. The second-order valence-electron chi connectivity index (χ2n) is 6.06. The molecule has 0 bridgehead atoms. The van der Waals surface area contributed by atoms with E-state index in [4.69, 9.17) is 12.2 Å². The number of rotatable bonds is 6. The molecular formula is C17H26N2S. The summed E-state index contributed by atoms with van der Waals surface area (Å²) in [5, 5.41) is 4.35. The summed E-state index contributed by atoms with van der Waals surface area (Å²) in [4.78, 5) is 2.34. The number of anilines is 1. The van der Waals surface area contributed by atoms with E-state index in [0.29, 0.717) is 5.92 Å². The van der Waals surface area contributed by atoms with Crippen LogP contribution in [0.25, 0.3) is 0 Å². The first-order valence-corrected chi connectivity index (χ1v) is 8.17. The second kappa shape index (κ2) is 7.07. The second-order valence-corrected chi connectivity index (χ2v) is 6.45. The summed E-state index contributed by atoms with van der Waals surface area (Å²) in [7, 11) is 0. The average Bonchev–Trinajstić information content (AvgIpc) is 3.22. The Kier molecular flexibility index (Phi) is 5.41. The van der Waals surface area contributed by atoms with E-state index in [9.17, 15) is 0 Å². The fourth-order valence-corrected chi connectivity index (χ4v) is 2.74. The molecule has 1 N–H and O–H groups in total. The lowest BCUT2D eigenvalue weighted by atomic mass is 10.0. The fourth-order valence-electron chi connectivity index (χ4n) is 2.47. The number of thiocarbonyl (C=S) groups is 1. The van der Waals surface area contributed by atoms with Crippen LogP contribution >= 0.6 is 12.2 Å². The molecule has 0 saturated heterocycles. The molecule has 0 heterocycles. The topological polar surface area (TPSA) is 15.3 Å². The van der Waals surface area contributed by atoms with Gasteiger partial charge in [-0.2, -0.15) is 0 Å². The van der Waals surface area contributed by atoms with Crippen molar-refractivity contribution in [3.8, 4) is 0 Å². The molecule has 110 valence electrons. The number of para-hydroxylation sites is 1. The standard InChI is InChI=1S/C17H26N2S/c1-4-11-19(12-14-9-10-14)17(20)18-16-8-6-5-7-15(16)13(2)3/h5-8,13-14H,4,9-12H2,1-3H3,(H,18,20). The van der Waals surface area contributed by atoms with Crippen LogP contribution < -0.4 is 5.32 Å². The smallest absolute Gasteiger partial charge is 0.173 e. The molecule has 0 aromatic heterocycles. The van der Waals surface area contributed by atoms with Crippen molar-refractivity contribution >= 4 is 23.0 Å². The van der Waals surface area contributed by atoms with Crippen LogP contribution in [0.2, 0.25) is 0 Å². The molecule has 0 atom stereocenters. The summed E-state index contributed by atoms with van der Waals surface area (Å²) in [5.41, 5.74) is 2.49. The molecule has 20 heavy (non-hydrogen) atoms. The van der Waals surface area contributed by atoms with Crippen LogP contribution in [0.5, 0.6) is 0 Å². The van der Waals surface area contributed by atoms with E-state index in [-0.39, 0.29) is 0 Å². The summed E-state index contributed by atoms with van der Waals surface area (Å²) in [6.45, 7) is 8.81. The van der Waals surface area contributed by atoms with Crippen LogP contribution in [0.4, 0.5) is 5.69 Å². The van der Waals surface area contributed by atoms with Gasteiger partial charge in [0.15, 0.2) is 5.11 Å². The highest BCUT2D eigenvalue weighted by Crippen LogP contribution is 2.30. The molecule has 0 aliphatic heterocycles. The molecule has 0 radical (unpaired) electrons. The predicted molar refractivity (Wildman–Crippen MR) is 91.3 cm³/mol. The Morgan fingerprint density at radius 2 is 2.05 bits per heavy atom. The Balaban J connectivity index is 2.04. The lowest BCUT2D eigenvalue weighted by Gasteiger charge is -2.26. The van der Waals surface area contributed by atoms with Crippen LogP contribution in [0, 0.1) is 5.92 Å². The van der Waals surface area contributed by atoms with E-state index in [1.165, 1.54) is 18.4 Å². The molecule has 1 aliphatic carbocycles. The van der Waals surface area contributed by atoms with Gasteiger partial charge in [0, 0.05) is 18.8 Å². The van der Waals surface area contributed by atoms with Gasteiger partial charge < -0.3 is 10.2 Å². The number of hydrogen-bond acceptors (Lipinski definition) is 1. The van der Waals surface area contributed by atoms with E-state index in [1.54, 1.807) is 0 Å². The van der Waals surface area contributed by atoms with Crippen molar-refractivity contribution in [1.29, 1.82) is 0 Å². The number of nitrogens with one attached hydrogen (secondary N) is 1. The first-order valence-electron chi connectivity index (χ1n) is 7.76. The molecule has 0 unspecified atom stereocenters. The number of benzene rings is 1. The summed E-state index contributed by atoms with van der Waals surface area (Å²) in [6, 6.07) is 8.48. The summed E-state index contributed by atoms with van der Waals surface area (Å²) < 4.78 is 0. The highest BCUT2D eigenvalue weighted by molar-refractivity contribution is 7.80. The Hall–Kier alpha value is -1.09. The third-order valence-electron chi connectivity index (χ3n) is 3.78. The molecule has 2 nitrogen and oxygen atoms in total. The van der Waals surface area contributed by atoms with Crippen LogP contribution in [0.15, 0.2) is 24.3 Å². The minimum absolute atomic E-state index is 0.504. The van der Waals surface area contributed by atoms with Gasteiger partial charge in [0.05, 0.1) is 0 Å². The Bertz CT molecular complexity index is 452. The number of nitrogens with zero attached hydrogens (tertiary/aromatic N) is 1. The zero-order valence-corrected chi connectivity index (χ0v) is 13.7. The molecule has 1 aliphatic rings. The van der Waals surface area contributed by atoms with E-state index in [0.717, 1.165) is 36.2 Å². The third kappa shape index (κ3) is 4.20. The van der Waals surface area contributed by atoms with Gasteiger partial charge in [-0.05, 0) is 54.9 Å². The molecule has 2 rings (SSSR count). The van der Waals surface area contributed by atoms with Gasteiger partial charge in [0.1, 0.15) is 0 Å². The van der Waals surface area contributed by atoms with E-state index < -0.39 is 0 Å². The quantitative estimate of drug-likeness (QED) is 0.769. The zero-order valence-electron chi connectivity index (χ0n) is 12.9. The molecule has 1 aromatic rings. The van der Waals surface area contributed by atoms with E-state index in [2.05, 4.69) is 55.3 Å². The van der Waals surface area contributed by atoms with Gasteiger partial charge >= 0.3 is 0 Å². The molecule has 3 heteroatoms. The van der Waals surface area contributed by atoms with Gasteiger partial charge in [0.25, 0.3) is 0 Å². The van der Waals surface area contributed by atoms with Gasteiger partial charge in [-0.25, -0.2) is 0 Å². The first kappa shape index (κ1) is 15.3. The molecule has 0 amide bonds. The van der Waals surface area contributed by atoms with Crippen LogP contribution in [0.1, 0.15) is 51.5 Å². The number of hydrogen-bond donors (Lipinski definition) is 1. The minimum Gasteiger partial charge on any atom is -0.349 e. The maximum atomic E-state index is 5.63. The van der Waals surface area contributed by atoms with E-state index >= 15 is 0 Å². The molecular weight excluding hydrogens is 264 g/mol. The van der Waals surface area contributed by atoms with Crippen LogP contribution in [-0.4, -0.2) is 23.1 Å². The Morgan fingerprint density at radius 1 is 1.35 bits per heavy atom. The fraction of sp³-hybridized carbons (Fsp3) is 0.588. The molecule has 1 saturated carbocycles. The summed E-state index contributed by atoms with van der Waals surface area (Å²) >= 11 is 5.63. The van der Waals surface area contributed by atoms with Crippen molar-refractivity contribution < 1.29 is 0 Å². The van der Waals surface area contributed by atoms with Crippen molar-refractivity contribution in [1.82, 2.24) is 4.90 Å². The normalized spacial score (nSPS) is 14.4. The SMILES string of the molecule is CCCN(CC1CC1)C(=S)Nc1ccccc1C(C)C. The van der Waals surface area contributed by atoms with Crippen LogP contribution in [-0.2, 0) is 0 Å². The average molecular weight is 290 g/mol. The summed E-state index contributed by atoms with van der Waals surface area (Å²) in [6.07, 6.45) is 3.87. The third-order valence-corrected chi connectivity index (χ3v) is 4.14. The maximum Gasteiger partial charge on any atom is 0.173 e. The minimum atomic E-state index is 0.504. The maximum absolute atomic E-state index is 5.63. The Morgan fingerprint density at radius 3 is 2.65 bits per heavy atom. The zero-order chi connectivity index (χ0) is 14.5. The van der Waals surface area contributed by atoms with Crippen molar-refractivity contribution in [2.24, 2.45) is 5.92 Å². The van der Waals surface area contributed by atoms with Crippen molar-refractivity contribution in [2.45, 2.75) is 46.0 Å². The monoisotopic (exact) mass is 290 g/mol. The molecule has 0 spiro atoms. The highest BCUT2D eigenvalue weighted by atomic mass is 32.1. The van der Waals surface area contributed by atoms with Gasteiger partial charge in [0.2, 0.25) is 0 Å². The lowest BCUT2D eigenvalue weighted by molar-refractivity contribution is 0.404. The predicted octanol–water partition coefficient (Wildman–Crippen LogP) is 4.63. The first-order chi connectivity index (χ1) is 9.61. The van der Waals surface area contributed by atoms with Crippen molar-refractivity contribution in [3.63, 3.8) is 0 Å². The molecule has 1 fully saturated rings. The van der Waals surface area contributed by atoms with E-state index in [1.807, 2.05) is 0 Å². The summed E-state index contributed by atoms with van der Waals surface area (Å²) in [5.74, 6) is 1.37. The van der Waals surface area contributed by atoms with Gasteiger partial charge in [-0.3, -0.25) is 0 Å². The van der Waals surface area contributed by atoms with Crippen molar-refractivity contribution in [2.75, 3.05) is 18.4 Å². The molecule has 1 aromatic carbocycles. The largest absolute Gasteiger partial charge is 0.349 e. The van der Waals surface area contributed by atoms with Crippen LogP contribution in [0.3, 0.4) is 0 Å². The Labute approximate surface area is 128 Å². The highest BCUT2D eigenvalue weighted by Gasteiger charge is 2.25. The van der Waals surface area contributed by atoms with Gasteiger partial charge in [-0.1, -0.05) is 39.0 Å². The van der Waals surface area contributed by atoms with Gasteiger partial charge in [-0.15, -0.1) is 0 Å². The van der Waals surface area contributed by atoms with Crippen molar-refractivity contribution in [3.05, 3.63) is 29.8 Å².